The number of alkyl carbamates (subject to hydrolysis) is 1. The van der Waals surface area contributed by atoms with Gasteiger partial charge in [-0.05, 0) is 27.7 Å². The molecule has 1 aliphatic heterocycles. The van der Waals surface area contributed by atoms with Crippen LogP contribution in [0.15, 0.2) is 0 Å². The van der Waals surface area contributed by atoms with E-state index >= 15 is 0 Å². The van der Waals surface area contributed by atoms with Gasteiger partial charge in [0.25, 0.3) is 0 Å². The van der Waals surface area contributed by atoms with E-state index in [1.807, 2.05) is 32.5 Å². The minimum Gasteiger partial charge on any atom is -0.444 e. The van der Waals surface area contributed by atoms with Crippen LogP contribution in [0.3, 0.4) is 0 Å². The van der Waals surface area contributed by atoms with Gasteiger partial charge in [-0.2, -0.15) is 11.8 Å². The van der Waals surface area contributed by atoms with E-state index in [2.05, 4.69) is 17.6 Å². The van der Waals surface area contributed by atoms with Crippen LogP contribution in [0.5, 0.6) is 0 Å². The van der Waals surface area contributed by atoms with Gasteiger partial charge in [0.05, 0.1) is 0 Å². The van der Waals surface area contributed by atoms with Crippen LogP contribution in [0.25, 0.3) is 0 Å². The van der Waals surface area contributed by atoms with E-state index in [-0.39, 0.29) is 6.09 Å². The van der Waals surface area contributed by atoms with Crippen LogP contribution in [0, 0.1) is 0 Å². The highest BCUT2D eigenvalue weighted by atomic mass is 32.2. The molecule has 5 heteroatoms. The van der Waals surface area contributed by atoms with E-state index in [4.69, 9.17) is 4.74 Å². The topological polar surface area (TPSA) is 50.4 Å². The fourth-order valence-corrected chi connectivity index (χ4v) is 2.01. The van der Waals surface area contributed by atoms with Crippen molar-refractivity contribution in [2.24, 2.45) is 0 Å². The molecular formula is C11H22N2O2S. The van der Waals surface area contributed by atoms with Gasteiger partial charge in [-0.25, -0.2) is 4.79 Å². The molecule has 1 rings (SSSR count). The van der Waals surface area contributed by atoms with Crippen LogP contribution in [-0.2, 0) is 4.74 Å². The maximum absolute atomic E-state index is 11.4. The van der Waals surface area contributed by atoms with Gasteiger partial charge in [-0.15, -0.1) is 0 Å². The first-order valence-electron chi connectivity index (χ1n) is 5.67. The van der Waals surface area contributed by atoms with Gasteiger partial charge in [0.2, 0.25) is 0 Å². The minimum absolute atomic E-state index is 0.290. The highest BCUT2D eigenvalue weighted by Crippen LogP contribution is 2.17. The molecule has 0 bridgehead atoms. The molecule has 1 heterocycles. The van der Waals surface area contributed by atoms with Gasteiger partial charge in [-0.3, -0.25) is 0 Å². The van der Waals surface area contributed by atoms with Crippen molar-refractivity contribution >= 4 is 17.9 Å². The second kappa shape index (κ2) is 5.77. The lowest BCUT2D eigenvalue weighted by atomic mass is 10.2. The molecule has 1 atom stereocenters. The molecule has 1 amide bonds. The van der Waals surface area contributed by atoms with Crippen molar-refractivity contribution in [2.75, 3.05) is 18.1 Å². The van der Waals surface area contributed by atoms with Crippen molar-refractivity contribution in [1.82, 2.24) is 10.6 Å². The quantitative estimate of drug-likeness (QED) is 0.791. The van der Waals surface area contributed by atoms with Gasteiger partial charge in [0, 0.05) is 30.1 Å². The van der Waals surface area contributed by atoms with Crippen LogP contribution in [0.2, 0.25) is 0 Å². The SMILES string of the molecule is C[C@@H](CNC(=O)OC(C)(C)C)NC1CSC1. The van der Waals surface area contributed by atoms with E-state index in [0.29, 0.717) is 18.6 Å². The molecule has 4 nitrogen and oxygen atoms in total. The average Bonchev–Trinajstić information content (AvgIpc) is 2.05. The lowest BCUT2D eigenvalue weighted by Crippen LogP contribution is -2.49. The standard InChI is InChI=1S/C11H22N2O2S/c1-8(13-9-6-16-7-9)5-12-10(14)15-11(2,3)4/h8-9,13H,5-7H2,1-4H3,(H,12,14)/t8-/m0/s1. The Hall–Kier alpha value is -0.420. The molecule has 1 aliphatic rings. The Morgan fingerprint density at radius 1 is 1.50 bits per heavy atom. The smallest absolute Gasteiger partial charge is 0.407 e. The first-order chi connectivity index (χ1) is 7.37. The molecule has 1 fully saturated rings. The molecule has 0 saturated carbocycles. The molecule has 0 aromatic carbocycles. The third-order valence-electron chi connectivity index (χ3n) is 2.11. The van der Waals surface area contributed by atoms with Gasteiger partial charge in [0.15, 0.2) is 0 Å². The number of carbonyl (C=O) groups is 1. The van der Waals surface area contributed by atoms with Crippen LogP contribution < -0.4 is 10.6 Å². The minimum atomic E-state index is -0.425. The highest BCUT2D eigenvalue weighted by molar-refractivity contribution is 8.00. The van der Waals surface area contributed by atoms with Crippen molar-refractivity contribution in [3.63, 3.8) is 0 Å². The normalized spacial score (nSPS) is 18.8. The third kappa shape index (κ3) is 5.61. The summed E-state index contributed by atoms with van der Waals surface area (Å²) < 4.78 is 5.15. The number of ether oxygens (including phenoxy) is 1. The zero-order chi connectivity index (χ0) is 12.2. The van der Waals surface area contributed by atoms with Crippen molar-refractivity contribution in [1.29, 1.82) is 0 Å². The average molecular weight is 246 g/mol. The van der Waals surface area contributed by atoms with Crippen LogP contribution >= 0.6 is 11.8 Å². The monoisotopic (exact) mass is 246 g/mol. The Morgan fingerprint density at radius 2 is 2.12 bits per heavy atom. The van der Waals surface area contributed by atoms with Gasteiger partial charge < -0.3 is 15.4 Å². The predicted molar refractivity (Wildman–Crippen MR) is 67.9 cm³/mol. The maximum atomic E-state index is 11.4. The summed E-state index contributed by atoms with van der Waals surface area (Å²) in [4.78, 5) is 11.4. The van der Waals surface area contributed by atoms with Crippen molar-refractivity contribution in [3.8, 4) is 0 Å². The number of carbonyl (C=O) groups excluding carboxylic acids is 1. The van der Waals surface area contributed by atoms with Gasteiger partial charge in [0.1, 0.15) is 5.60 Å². The van der Waals surface area contributed by atoms with Crippen molar-refractivity contribution in [3.05, 3.63) is 0 Å². The summed E-state index contributed by atoms with van der Waals surface area (Å²) in [5.74, 6) is 2.35. The molecule has 16 heavy (non-hydrogen) atoms. The van der Waals surface area contributed by atoms with Crippen molar-refractivity contribution < 1.29 is 9.53 Å². The number of hydrogen-bond donors (Lipinski definition) is 2. The Balaban J connectivity index is 2.10. The number of hydrogen-bond acceptors (Lipinski definition) is 4. The molecule has 0 spiro atoms. The lowest BCUT2D eigenvalue weighted by molar-refractivity contribution is 0.0523. The molecule has 2 N–H and O–H groups in total. The lowest BCUT2D eigenvalue weighted by Gasteiger charge is -2.29. The van der Waals surface area contributed by atoms with Crippen molar-refractivity contribution in [2.45, 2.75) is 45.4 Å². The van der Waals surface area contributed by atoms with E-state index in [9.17, 15) is 4.79 Å². The number of amides is 1. The zero-order valence-corrected chi connectivity index (χ0v) is 11.3. The number of nitrogens with one attached hydrogen (secondary N) is 2. The molecule has 94 valence electrons. The summed E-state index contributed by atoms with van der Waals surface area (Å²) >= 11 is 1.94. The largest absolute Gasteiger partial charge is 0.444 e. The summed E-state index contributed by atoms with van der Waals surface area (Å²) in [7, 11) is 0. The van der Waals surface area contributed by atoms with Crippen LogP contribution in [0.4, 0.5) is 4.79 Å². The Bertz CT molecular complexity index is 237. The highest BCUT2D eigenvalue weighted by Gasteiger charge is 2.20. The number of rotatable bonds is 4. The van der Waals surface area contributed by atoms with E-state index in [1.54, 1.807) is 0 Å². The summed E-state index contributed by atoms with van der Waals surface area (Å²) in [5, 5.41) is 6.21. The second-order valence-electron chi connectivity index (χ2n) is 5.18. The molecule has 0 aliphatic carbocycles. The number of thioether (sulfide) groups is 1. The van der Waals surface area contributed by atoms with E-state index in [0.717, 1.165) is 0 Å². The molecule has 0 aromatic rings. The van der Waals surface area contributed by atoms with Crippen LogP contribution in [0.1, 0.15) is 27.7 Å². The first-order valence-corrected chi connectivity index (χ1v) is 6.83. The molecule has 0 radical (unpaired) electrons. The summed E-state index contributed by atoms with van der Waals surface area (Å²) in [6.07, 6.45) is -0.343. The fraction of sp³-hybridized carbons (Fsp3) is 0.909. The molecule has 0 aromatic heterocycles. The van der Waals surface area contributed by atoms with Gasteiger partial charge >= 0.3 is 6.09 Å². The summed E-state index contributed by atoms with van der Waals surface area (Å²) in [6, 6.07) is 0.902. The predicted octanol–water partition coefficient (Wildman–Crippen LogP) is 1.60. The van der Waals surface area contributed by atoms with Gasteiger partial charge in [-0.1, -0.05) is 0 Å². The van der Waals surface area contributed by atoms with Crippen LogP contribution in [-0.4, -0.2) is 41.8 Å². The molecular weight excluding hydrogens is 224 g/mol. The zero-order valence-electron chi connectivity index (χ0n) is 10.5. The maximum Gasteiger partial charge on any atom is 0.407 e. The Kier molecular flexibility index (Phi) is 4.92. The van der Waals surface area contributed by atoms with E-state index in [1.165, 1.54) is 11.5 Å². The Morgan fingerprint density at radius 3 is 2.56 bits per heavy atom. The Labute approximate surface area is 102 Å². The fourth-order valence-electron chi connectivity index (χ4n) is 1.34. The summed E-state index contributed by atoms with van der Waals surface area (Å²) in [5.41, 5.74) is -0.425. The molecule has 1 saturated heterocycles. The molecule has 0 unspecified atom stereocenters. The third-order valence-corrected chi connectivity index (χ3v) is 3.39. The summed E-state index contributed by atoms with van der Waals surface area (Å²) in [6.45, 7) is 8.26. The second-order valence-corrected chi connectivity index (χ2v) is 6.26. The first kappa shape index (κ1) is 13.6. The van der Waals surface area contributed by atoms with E-state index < -0.39 is 5.60 Å².